The summed E-state index contributed by atoms with van der Waals surface area (Å²) in [4.78, 5) is 12.9. The zero-order valence-electron chi connectivity index (χ0n) is 19.1. The summed E-state index contributed by atoms with van der Waals surface area (Å²) in [6, 6.07) is 18.8. The minimum atomic E-state index is -4.06. The van der Waals surface area contributed by atoms with Gasteiger partial charge in [-0.25, -0.2) is 12.8 Å². The molecule has 0 aliphatic carbocycles. The van der Waals surface area contributed by atoms with E-state index in [9.17, 15) is 17.6 Å². The van der Waals surface area contributed by atoms with Gasteiger partial charge in [-0.15, -0.1) is 0 Å². The highest BCUT2D eigenvalue weighted by Crippen LogP contribution is 2.32. The number of halogens is 1. The van der Waals surface area contributed by atoms with Gasteiger partial charge in [0.1, 0.15) is 25.6 Å². The number of anilines is 1. The molecule has 182 valence electrons. The van der Waals surface area contributed by atoms with E-state index >= 15 is 0 Å². The lowest BCUT2D eigenvalue weighted by Gasteiger charge is -2.24. The summed E-state index contributed by atoms with van der Waals surface area (Å²) in [6.07, 6.45) is 1.45. The average Bonchev–Trinajstić information content (AvgIpc) is 2.87. The molecule has 35 heavy (non-hydrogen) atoms. The Morgan fingerprint density at radius 3 is 2.43 bits per heavy atom. The summed E-state index contributed by atoms with van der Waals surface area (Å²) >= 11 is 0. The van der Waals surface area contributed by atoms with Crippen molar-refractivity contribution in [3.8, 4) is 11.5 Å². The van der Waals surface area contributed by atoms with Crippen LogP contribution in [-0.2, 0) is 14.8 Å². The molecule has 3 aromatic rings. The molecule has 0 bridgehead atoms. The van der Waals surface area contributed by atoms with Crippen molar-refractivity contribution in [1.29, 1.82) is 0 Å². The SMILES string of the molecule is CC(NC(=O)CN(c1ccc(F)cc1)S(=O)(=O)/C=C/c1ccccc1)c1ccc2c(c1)OCCO2. The van der Waals surface area contributed by atoms with Crippen LogP contribution in [0.1, 0.15) is 24.1 Å². The van der Waals surface area contributed by atoms with E-state index in [1.54, 1.807) is 43.3 Å². The topological polar surface area (TPSA) is 84.9 Å². The molecule has 9 heteroatoms. The quantitative estimate of drug-likeness (QED) is 0.503. The molecule has 0 fully saturated rings. The Balaban J connectivity index is 1.53. The van der Waals surface area contributed by atoms with Crippen LogP contribution in [0.25, 0.3) is 6.08 Å². The lowest BCUT2D eigenvalue weighted by molar-refractivity contribution is -0.120. The Hall–Kier alpha value is -3.85. The number of ether oxygens (including phenoxy) is 2. The van der Waals surface area contributed by atoms with E-state index in [0.29, 0.717) is 30.3 Å². The first-order valence-corrected chi connectivity index (χ1v) is 12.5. The van der Waals surface area contributed by atoms with Gasteiger partial charge in [0.05, 0.1) is 17.1 Å². The van der Waals surface area contributed by atoms with Crippen molar-refractivity contribution >= 4 is 27.7 Å². The minimum Gasteiger partial charge on any atom is -0.486 e. The molecule has 1 aliphatic rings. The Morgan fingerprint density at radius 2 is 1.71 bits per heavy atom. The number of fused-ring (bicyclic) bond motifs is 1. The lowest BCUT2D eigenvalue weighted by Crippen LogP contribution is -2.40. The van der Waals surface area contributed by atoms with Crippen molar-refractivity contribution in [1.82, 2.24) is 5.32 Å². The first-order chi connectivity index (χ1) is 16.8. The summed E-state index contributed by atoms with van der Waals surface area (Å²) in [7, 11) is -4.06. The maximum Gasteiger partial charge on any atom is 0.257 e. The summed E-state index contributed by atoms with van der Waals surface area (Å²) in [5.74, 6) is 0.199. The van der Waals surface area contributed by atoms with Gasteiger partial charge in [-0.2, -0.15) is 0 Å². The van der Waals surface area contributed by atoms with E-state index < -0.39 is 34.3 Å². The van der Waals surface area contributed by atoms with Gasteiger partial charge in [0.25, 0.3) is 10.0 Å². The highest BCUT2D eigenvalue weighted by atomic mass is 32.2. The van der Waals surface area contributed by atoms with Crippen LogP contribution in [-0.4, -0.2) is 34.1 Å². The van der Waals surface area contributed by atoms with Gasteiger partial charge in [-0.3, -0.25) is 9.10 Å². The first kappa shape index (κ1) is 24.3. The highest BCUT2D eigenvalue weighted by Gasteiger charge is 2.24. The second-order valence-electron chi connectivity index (χ2n) is 7.93. The van der Waals surface area contributed by atoms with E-state index in [1.165, 1.54) is 18.2 Å². The maximum atomic E-state index is 13.5. The molecule has 1 atom stereocenters. The number of carbonyl (C=O) groups excluding carboxylic acids is 1. The standard InChI is InChI=1S/C26H25FN2O5S/c1-19(21-7-12-24-25(17-21)34-15-14-33-24)28-26(30)18-29(23-10-8-22(27)9-11-23)35(31,32)16-13-20-5-3-2-4-6-20/h2-13,16-17,19H,14-15,18H2,1H3,(H,28,30)/b16-13+. The van der Waals surface area contributed by atoms with Crippen LogP contribution in [0, 0.1) is 5.82 Å². The number of nitrogens with one attached hydrogen (secondary N) is 1. The molecule has 0 aromatic heterocycles. The Bertz CT molecular complexity index is 1310. The normalized spacial score (nSPS) is 13.9. The summed E-state index contributed by atoms with van der Waals surface area (Å²) in [5.41, 5.74) is 1.64. The number of hydrogen-bond donors (Lipinski definition) is 1. The van der Waals surface area contributed by atoms with Gasteiger partial charge >= 0.3 is 0 Å². The van der Waals surface area contributed by atoms with Crippen LogP contribution in [0.5, 0.6) is 11.5 Å². The van der Waals surface area contributed by atoms with Crippen molar-refractivity contribution in [2.75, 3.05) is 24.1 Å². The van der Waals surface area contributed by atoms with E-state index in [1.807, 2.05) is 12.1 Å². The molecular formula is C26H25FN2O5S. The molecule has 4 rings (SSSR count). The van der Waals surface area contributed by atoms with Gasteiger partial charge in [-0.1, -0.05) is 36.4 Å². The van der Waals surface area contributed by atoms with Crippen LogP contribution >= 0.6 is 0 Å². The first-order valence-electron chi connectivity index (χ1n) is 11.0. The van der Waals surface area contributed by atoms with Gasteiger partial charge in [0, 0.05) is 0 Å². The zero-order valence-corrected chi connectivity index (χ0v) is 19.9. The zero-order chi connectivity index (χ0) is 24.8. The molecule has 1 heterocycles. The molecule has 0 spiro atoms. The van der Waals surface area contributed by atoms with Crippen molar-refractivity contribution in [2.45, 2.75) is 13.0 Å². The minimum absolute atomic E-state index is 0.172. The third-order valence-electron chi connectivity index (χ3n) is 5.38. The predicted molar refractivity (Wildman–Crippen MR) is 132 cm³/mol. The van der Waals surface area contributed by atoms with Crippen LogP contribution < -0.4 is 19.1 Å². The number of benzene rings is 3. The smallest absolute Gasteiger partial charge is 0.257 e. The fourth-order valence-corrected chi connectivity index (χ4v) is 4.76. The van der Waals surface area contributed by atoms with Crippen LogP contribution in [0.4, 0.5) is 10.1 Å². The Kier molecular flexibility index (Phi) is 7.36. The molecule has 3 aromatic carbocycles. The van der Waals surface area contributed by atoms with E-state index in [2.05, 4.69) is 5.32 Å². The molecule has 0 saturated carbocycles. The second kappa shape index (κ2) is 10.6. The monoisotopic (exact) mass is 496 g/mol. The Morgan fingerprint density at radius 1 is 1.03 bits per heavy atom. The second-order valence-corrected chi connectivity index (χ2v) is 9.68. The lowest BCUT2D eigenvalue weighted by atomic mass is 10.1. The summed E-state index contributed by atoms with van der Waals surface area (Å²) in [6.45, 7) is 2.22. The molecule has 0 radical (unpaired) electrons. The van der Waals surface area contributed by atoms with E-state index in [0.717, 1.165) is 27.4 Å². The van der Waals surface area contributed by atoms with E-state index in [4.69, 9.17) is 9.47 Å². The fourth-order valence-electron chi connectivity index (χ4n) is 3.57. The average molecular weight is 497 g/mol. The van der Waals surface area contributed by atoms with Gasteiger partial charge in [0.15, 0.2) is 11.5 Å². The molecule has 1 aliphatic heterocycles. The number of rotatable bonds is 8. The fraction of sp³-hybridized carbons (Fsp3) is 0.192. The van der Waals surface area contributed by atoms with Crippen molar-refractivity contribution in [3.05, 3.63) is 95.1 Å². The van der Waals surface area contributed by atoms with Gasteiger partial charge in [-0.05, 0) is 60.5 Å². The van der Waals surface area contributed by atoms with Crippen LogP contribution in [0.15, 0.2) is 78.2 Å². The number of hydrogen-bond acceptors (Lipinski definition) is 5. The Labute approximate surface area is 203 Å². The van der Waals surface area contributed by atoms with Gasteiger partial charge in [0.2, 0.25) is 5.91 Å². The van der Waals surface area contributed by atoms with E-state index in [-0.39, 0.29) is 5.69 Å². The summed E-state index contributed by atoms with van der Waals surface area (Å²) < 4.78 is 51.9. The van der Waals surface area contributed by atoms with Crippen molar-refractivity contribution in [2.24, 2.45) is 0 Å². The highest BCUT2D eigenvalue weighted by molar-refractivity contribution is 7.95. The predicted octanol–water partition coefficient (Wildman–Crippen LogP) is 4.28. The number of sulfonamides is 1. The molecule has 1 amide bonds. The molecule has 7 nitrogen and oxygen atoms in total. The maximum absolute atomic E-state index is 13.5. The largest absolute Gasteiger partial charge is 0.486 e. The van der Waals surface area contributed by atoms with Gasteiger partial charge < -0.3 is 14.8 Å². The number of amides is 1. The van der Waals surface area contributed by atoms with Crippen LogP contribution in [0.3, 0.4) is 0 Å². The molecule has 0 saturated heterocycles. The molecule has 1 unspecified atom stereocenters. The third-order valence-corrected chi connectivity index (χ3v) is 6.82. The van der Waals surface area contributed by atoms with Crippen molar-refractivity contribution in [3.63, 3.8) is 0 Å². The third kappa shape index (κ3) is 6.19. The number of carbonyl (C=O) groups is 1. The summed E-state index contributed by atoms with van der Waals surface area (Å²) in [5, 5.41) is 3.85. The molecular weight excluding hydrogens is 471 g/mol. The number of nitrogens with zero attached hydrogens (tertiary/aromatic N) is 1. The molecule has 1 N–H and O–H groups in total. The van der Waals surface area contributed by atoms with Crippen LogP contribution in [0.2, 0.25) is 0 Å². The van der Waals surface area contributed by atoms with Crippen molar-refractivity contribution < 1.29 is 27.1 Å².